The number of carbonyl (C=O) groups excluding carboxylic acids is 4. The lowest BCUT2D eigenvalue weighted by Crippen LogP contribution is -2.65. The minimum Gasteiger partial charge on any atom is -0.463 e. The predicted molar refractivity (Wildman–Crippen MR) is 185 cm³/mol. The number of aryl methyl sites for hydroxylation is 1. The number of hydrogen-bond acceptors (Lipinski definition) is 10. The van der Waals surface area contributed by atoms with Crippen LogP contribution in [0.4, 0.5) is 0 Å². The minimum atomic E-state index is -3.31. The average molecular weight is 711 g/mol. The molecule has 0 aromatic heterocycles. The molecule has 12 heteroatoms. The Kier molecular flexibility index (Phi) is 12.4. The van der Waals surface area contributed by atoms with E-state index in [0.717, 1.165) is 15.9 Å². The molecular weight excluding hydrogens is 668 g/mol. The Hall–Kier alpha value is -4.03. The van der Waals surface area contributed by atoms with Crippen LogP contribution >= 0.6 is 11.6 Å². The molecule has 3 aromatic rings. The summed E-state index contributed by atoms with van der Waals surface area (Å²) < 4.78 is 28.4. The summed E-state index contributed by atoms with van der Waals surface area (Å²) in [6.45, 7) is 8.58. The highest BCUT2D eigenvalue weighted by molar-refractivity contribution is 6.98. The number of benzene rings is 3. The molecule has 5 atom stereocenters. The highest BCUT2D eigenvalue weighted by atomic mass is 35.5. The van der Waals surface area contributed by atoms with Gasteiger partial charge in [0.1, 0.15) is 18.8 Å². The number of carbonyl (C=O) groups is 4. The SMILES string of the molecule is CC(=O)OC[C@H]1O[C@@H](c2ccc(Cl)c(CCC(C)(C)[Si](O)(c3ccccc3)c3ccccc3)c2)[C@H](OC(C)=O)[C@@H](OC(C)=O)[C@@H]1OC(C)=O. The summed E-state index contributed by atoms with van der Waals surface area (Å²) in [5.41, 5.74) is 1.28. The van der Waals surface area contributed by atoms with E-state index in [4.69, 9.17) is 35.3 Å². The fraction of sp³-hybridized carbons (Fsp3) is 0.405. The zero-order chi connectivity index (χ0) is 35.9. The number of rotatable bonds is 12. The van der Waals surface area contributed by atoms with Gasteiger partial charge in [0, 0.05) is 32.7 Å². The molecular formula is C37H43ClO10Si. The Morgan fingerprint density at radius 2 is 1.27 bits per heavy atom. The quantitative estimate of drug-likeness (QED) is 0.161. The molecule has 1 fully saturated rings. The average Bonchev–Trinajstić information content (AvgIpc) is 3.05. The predicted octanol–water partition coefficient (Wildman–Crippen LogP) is 4.60. The van der Waals surface area contributed by atoms with Gasteiger partial charge in [0.15, 0.2) is 18.3 Å². The molecule has 262 valence electrons. The molecule has 1 saturated heterocycles. The van der Waals surface area contributed by atoms with E-state index in [1.807, 2.05) is 66.7 Å². The molecule has 3 aromatic carbocycles. The van der Waals surface area contributed by atoms with Crippen LogP contribution in [0.3, 0.4) is 0 Å². The molecule has 0 unspecified atom stereocenters. The molecule has 0 saturated carbocycles. The summed E-state index contributed by atoms with van der Waals surface area (Å²) >= 11 is 6.76. The third-order valence-corrected chi connectivity index (χ3v) is 13.7. The molecule has 0 aliphatic carbocycles. The van der Waals surface area contributed by atoms with E-state index < -0.39 is 67.8 Å². The van der Waals surface area contributed by atoms with E-state index in [9.17, 15) is 24.0 Å². The van der Waals surface area contributed by atoms with Gasteiger partial charge in [0.05, 0.1) is 0 Å². The normalized spacial score (nSPS) is 20.9. The summed E-state index contributed by atoms with van der Waals surface area (Å²) in [5, 5.41) is 1.70. The first-order valence-corrected chi connectivity index (χ1v) is 18.4. The van der Waals surface area contributed by atoms with Crippen LogP contribution in [0.1, 0.15) is 65.2 Å². The standard InChI is InChI=1S/C37H43ClO10Si/c1-23(39)44-22-32-34(45-24(2)40)36(47-26(4)42)35(46-25(3)41)33(48-32)28-17-18-31(38)27(21-28)19-20-37(5,6)49(43,29-13-9-7-10-14-29)30-15-11-8-12-16-30/h7-18,21,32-36,43H,19-20,22H2,1-6H3/t32-,33+,34-,35+,36+/m1/s1. The van der Waals surface area contributed by atoms with Crippen LogP contribution in [0.5, 0.6) is 0 Å². The number of hydrogen-bond donors (Lipinski definition) is 1. The van der Waals surface area contributed by atoms with Gasteiger partial charge in [0.2, 0.25) is 0 Å². The Labute approximate surface area is 292 Å². The van der Waals surface area contributed by atoms with Gasteiger partial charge < -0.3 is 28.5 Å². The van der Waals surface area contributed by atoms with Crippen molar-refractivity contribution >= 4 is 54.2 Å². The van der Waals surface area contributed by atoms with Crippen LogP contribution in [0.25, 0.3) is 0 Å². The maximum absolute atomic E-state index is 12.6. The largest absolute Gasteiger partial charge is 0.463 e. The maximum Gasteiger partial charge on any atom is 0.303 e. The Balaban J connectivity index is 1.73. The lowest BCUT2D eigenvalue weighted by atomic mass is 9.89. The first-order valence-electron chi connectivity index (χ1n) is 16.1. The molecule has 0 amide bonds. The van der Waals surface area contributed by atoms with Gasteiger partial charge in [-0.05, 0) is 45.4 Å². The van der Waals surface area contributed by atoms with E-state index >= 15 is 0 Å². The van der Waals surface area contributed by atoms with E-state index in [-0.39, 0.29) is 6.61 Å². The molecule has 10 nitrogen and oxygen atoms in total. The smallest absolute Gasteiger partial charge is 0.303 e. The lowest BCUT2D eigenvalue weighted by molar-refractivity contribution is -0.254. The van der Waals surface area contributed by atoms with Gasteiger partial charge in [0.25, 0.3) is 8.32 Å². The van der Waals surface area contributed by atoms with E-state index in [1.165, 1.54) is 27.7 Å². The van der Waals surface area contributed by atoms with Crippen LogP contribution in [0.2, 0.25) is 10.1 Å². The van der Waals surface area contributed by atoms with Gasteiger partial charge in [-0.2, -0.15) is 0 Å². The van der Waals surface area contributed by atoms with Crippen LogP contribution < -0.4 is 10.4 Å². The van der Waals surface area contributed by atoms with Crippen molar-refractivity contribution in [2.24, 2.45) is 0 Å². The summed E-state index contributed by atoms with van der Waals surface area (Å²) in [6, 6.07) is 24.7. The zero-order valence-corrected chi connectivity index (χ0v) is 30.3. The molecule has 1 N–H and O–H groups in total. The van der Waals surface area contributed by atoms with E-state index in [1.54, 1.807) is 12.1 Å². The molecule has 4 rings (SSSR count). The number of halogens is 1. The third kappa shape index (κ3) is 8.96. The zero-order valence-electron chi connectivity index (χ0n) is 28.5. The first kappa shape index (κ1) is 37.8. The van der Waals surface area contributed by atoms with Gasteiger partial charge in [-0.1, -0.05) is 98.2 Å². The highest BCUT2D eigenvalue weighted by Crippen LogP contribution is 2.42. The van der Waals surface area contributed by atoms with Crippen LogP contribution in [-0.4, -0.2) is 68.0 Å². The first-order chi connectivity index (χ1) is 23.1. The van der Waals surface area contributed by atoms with Gasteiger partial charge in [-0.25, -0.2) is 0 Å². The summed E-state index contributed by atoms with van der Waals surface area (Å²) in [6.07, 6.45) is -4.87. The van der Waals surface area contributed by atoms with E-state index in [0.29, 0.717) is 23.4 Å². The Morgan fingerprint density at radius 3 is 1.78 bits per heavy atom. The topological polar surface area (TPSA) is 135 Å². The van der Waals surface area contributed by atoms with Crippen molar-refractivity contribution in [2.45, 2.75) is 89.9 Å². The second-order valence-electron chi connectivity index (χ2n) is 12.8. The fourth-order valence-corrected chi connectivity index (χ4v) is 10.3. The van der Waals surface area contributed by atoms with Crippen molar-refractivity contribution in [3.63, 3.8) is 0 Å². The molecule has 1 aliphatic rings. The Bertz CT molecular complexity index is 1590. The fourth-order valence-electron chi connectivity index (χ4n) is 6.39. The van der Waals surface area contributed by atoms with Gasteiger partial charge in [-0.15, -0.1) is 0 Å². The maximum atomic E-state index is 12.6. The third-order valence-electron chi connectivity index (χ3n) is 8.77. The van der Waals surface area contributed by atoms with Crippen LogP contribution in [0, 0.1) is 0 Å². The second kappa shape index (κ2) is 16.1. The highest BCUT2D eigenvalue weighted by Gasteiger charge is 2.53. The molecule has 1 aliphatic heterocycles. The summed E-state index contributed by atoms with van der Waals surface area (Å²) in [5.74, 6) is -2.69. The van der Waals surface area contributed by atoms with Crippen molar-refractivity contribution in [3.05, 3.63) is 95.0 Å². The minimum absolute atomic E-state index is 0.328. The number of ether oxygens (including phenoxy) is 5. The van der Waals surface area contributed by atoms with Crippen molar-refractivity contribution in [1.29, 1.82) is 0 Å². The molecule has 1 heterocycles. The molecule has 0 spiro atoms. The molecule has 49 heavy (non-hydrogen) atoms. The number of esters is 4. The van der Waals surface area contributed by atoms with Gasteiger partial charge >= 0.3 is 23.9 Å². The lowest BCUT2D eigenvalue weighted by Gasteiger charge is -2.44. The van der Waals surface area contributed by atoms with Crippen molar-refractivity contribution in [3.8, 4) is 0 Å². The van der Waals surface area contributed by atoms with Crippen LogP contribution in [-0.2, 0) is 49.3 Å². The summed E-state index contributed by atoms with van der Waals surface area (Å²) in [7, 11) is -3.31. The van der Waals surface area contributed by atoms with Gasteiger partial charge in [-0.3, -0.25) is 19.2 Å². The molecule has 0 radical (unpaired) electrons. The van der Waals surface area contributed by atoms with Crippen LogP contribution in [0.15, 0.2) is 78.9 Å². The Morgan fingerprint density at radius 1 is 0.755 bits per heavy atom. The van der Waals surface area contributed by atoms with Crippen molar-refractivity contribution in [1.82, 2.24) is 0 Å². The summed E-state index contributed by atoms with van der Waals surface area (Å²) in [4.78, 5) is 61.2. The second-order valence-corrected chi connectivity index (χ2v) is 17.1. The van der Waals surface area contributed by atoms with E-state index in [2.05, 4.69) is 13.8 Å². The monoisotopic (exact) mass is 710 g/mol. The van der Waals surface area contributed by atoms with Crippen molar-refractivity contribution in [2.75, 3.05) is 6.61 Å². The van der Waals surface area contributed by atoms with Crippen molar-refractivity contribution < 1.29 is 47.7 Å². The molecule has 0 bridgehead atoms.